The maximum atomic E-state index is 10.8. The number of para-hydroxylation sites is 1. The Morgan fingerprint density at radius 1 is 1.00 bits per heavy atom. The summed E-state index contributed by atoms with van der Waals surface area (Å²) in [5, 5.41) is 10.8. The van der Waals surface area contributed by atoms with Crippen molar-refractivity contribution in [3.63, 3.8) is 0 Å². The summed E-state index contributed by atoms with van der Waals surface area (Å²) in [5.74, 6) is 0.864. The summed E-state index contributed by atoms with van der Waals surface area (Å²) in [7, 11) is 2.18. The minimum atomic E-state index is -0.391. The number of likely N-dealkylation sites (N-methyl/N-ethyl adjacent to an activating group) is 1. The molecule has 0 spiro atoms. The monoisotopic (exact) mass is 304 g/mol. The highest BCUT2D eigenvalue weighted by Crippen LogP contribution is 2.28. The van der Waals surface area contributed by atoms with Crippen molar-refractivity contribution in [3.8, 4) is 5.75 Å². The molecule has 1 aromatic carbocycles. The zero-order valence-electron chi connectivity index (χ0n) is 13.5. The summed E-state index contributed by atoms with van der Waals surface area (Å²) >= 11 is 0. The fourth-order valence-electron chi connectivity index (χ4n) is 3.72. The van der Waals surface area contributed by atoms with Crippen molar-refractivity contribution in [2.24, 2.45) is 0 Å². The van der Waals surface area contributed by atoms with Crippen LogP contribution in [0.25, 0.3) is 0 Å². The van der Waals surface area contributed by atoms with Crippen LogP contribution in [0.3, 0.4) is 0 Å². The van der Waals surface area contributed by atoms with E-state index in [9.17, 15) is 5.11 Å². The van der Waals surface area contributed by atoms with Crippen LogP contribution in [0, 0.1) is 0 Å². The van der Waals surface area contributed by atoms with Crippen LogP contribution in [0.2, 0.25) is 0 Å². The number of aliphatic hydroxyl groups excluding tert-OH is 1. The van der Waals surface area contributed by atoms with Crippen LogP contribution >= 0.6 is 0 Å². The first kappa shape index (κ1) is 15.8. The van der Waals surface area contributed by atoms with Crippen molar-refractivity contribution in [2.75, 3.05) is 33.2 Å². The van der Waals surface area contributed by atoms with Crippen molar-refractivity contribution in [1.82, 2.24) is 9.80 Å². The van der Waals surface area contributed by atoms with E-state index in [4.69, 9.17) is 4.74 Å². The maximum absolute atomic E-state index is 10.8. The Hall–Kier alpha value is -1.10. The first-order valence-electron chi connectivity index (χ1n) is 8.56. The molecule has 1 N–H and O–H groups in total. The zero-order valence-corrected chi connectivity index (χ0v) is 13.5. The lowest BCUT2D eigenvalue weighted by Gasteiger charge is -2.41. The molecule has 22 heavy (non-hydrogen) atoms. The maximum Gasteiger partial charge on any atom is 0.126 e. The Kier molecular flexibility index (Phi) is 5.34. The Morgan fingerprint density at radius 2 is 1.82 bits per heavy atom. The highest BCUT2D eigenvalue weighted by Gasteiger charge is 2.37. The van der Waals surface area contributed by atoms with Gasteiger partial charge in [0.2, 0.25) is 0 Å². The molecule has 0 unspecified atom stereocenters. The molecule has 0 radical (unpaired) electrons. The number of nitrogens with zero attached hydrogens (tertiary/aromatic N) is 2. The average molecular weight is 304 g/mol. The molecule has 3 rings (SSSR count). The van der Waals surface area contributed by atoms with Crippen molar-refractivity contribution in [3.05, 3.63) is 30.3 Å². The van der Waals surface area contributed by atoms with Gasteiger partial charge in [0.1, 0.15) is 18.0 Å². The van der Waals surface area contributed by atoms with Gasteiger partial charge in [-0.1, -0.05) is 18.2 Å². The molecule has 1 saturated carbocycles. The van der Waals surface area contributed by atoms with Crippen molar-refractivity contribution >= 4 is 0 Å². The summed E-state index contributed by atoms with van der Waals surface area (Å²) in [6, 6.07) is 10.1. The number of hydrogen-bond donors (Lipinski definition) is 1. The Bertz CT molecular complexity index is 454. The second-order valence-electron chi connectivity index (χ2n) is 6.65. The van der Waals surface area contributed by atoms with E-state index in [0.29, 0.717) is 0 Å². The molecule has 0 bridgehead atoms. The van der Waals surface area contributed by atoms with Gasteiger partial charge < -0.3 is 14.7 Å². The Labute approximate surface area is 133 Å². The first-order chi connectivity index (χ1) is 10.7. The molecule has 122 valence electrons. The summed E-state index contributed by atoms with van der Waals surface area (Å²) < 4.78 is 6.05. The number of benzene rings is 1. The first-order valence-corrected chi connectivity index (χ1v) is 8.56. The SMILES string of the molecule is CN1CCCN([C@H]2CCC[C@@H](Oc3ccccc3)[C@@H]2O)CC1. The summed E-state index contributed by atoms with van der Waals surface area (Å²) in [6.07, 6.45) is 3.87. The highest BCUT2D eigenvalue weighted by atomic mass is 16.5. The van der Waals surface area contributed by atoms with Crippen LogP contribution < -0.4 is 4.74 Å². The predicted octanol–water partition coefficient (Wildman–Crippen LogP) is 1.98. The Balaban J connectivity index is 1.63. The van der Waals surface area contributed by atoms with Crippen LogP contribution in [0.15, 0.2) is 30.3 Å². The average Bonchev–Trinajstić information content (AvgIpc) is 2.75. The van der Waals surface area contributed by atoms with E-state index in [0.717, 1.165) is 51.2 Å². The Morgan fingerprint density at radius 3 is 2.64 bits per heavy atom. The zero-order chi connectivity index (χ0) is 15.4. The molecule has 0 aromatic heterocycles. The molecule has 0 amide bonds. The van der Waals surface area contributed by atoms with E-state index in [-0.39, 0.29) is 12.1 Å². The van der Waals surface area contributed by atoms with Gasteiger partial charge in [-0.2, -0.15) is 0 Å². The van der Waals surface area contributed by atoms with Crippen molar-refractivity contribution in [2.45, 2.75) is 43.9 Å². The minimum Gasteiger partial charge on any atom is -0.488 e. The predicted molar refractivity (Wildman–Crippen MR) is 88.2 cm³/mol. The fourth-order valence-corrected chi connectivity index (χ4v) is 3.72. The topological polar surface area (TPSA) is 35.9 Å². The number of rotatable bonds is 3. The second-order valence-corrected chi connectivity index (χ2v) is 6.65. The van der Waals surface area contributed by atoms with Crippen LogP contribution in [0.4, 0.5) is 0 Å². The number of ether oxygens (including phenoxy) is 1. The third-order valence-electron chi connectivity index (χ3n) is 5.02. The molecule has 1 heterocycles. The number of hydrogen-bond acceptors (Lipinski definition) is 4. The molecular weight excluding hydrogens is 276 g/mol. The molecular formula is C18H28N2O2. The van der Waals surface area contributed by atoms with Gasteiger partial charge in [-0.15, -0.1) is 0 Å². The normalized spacial score (nSPS) is 31.6. The fraction of sp³-hybridized carbons (Fsp3) is 0.667. The van der Waals surface area contributed by atoms with Gasteiger partial charge >= 0.3 is 0 Å². The largest absolute Gasteiger partial charge is 0.488 e. The van der Waals surface area contributed by atoms with E-state index >= 15 is 0 Å². The lowest BCUT2D eigenvalue weighted by Crippen LogP contribution is -2.53. The molecule has 1 saturated heterocycles. The van der Waals surface area contributed by atoms with Gasteiger partial charge in [0, 0.05) is 19.1 Å². The van der Waals surface area contributed by atoms with Gasteiger partial charge in [0.25, 0.3) is 0 Å². The van der Waals surface area contributed by atoms with E-state index < -0.39 is 6.10 Å². The van der Waals surface area contributed by atoms with E-state index in [1.165, 1.54) is 6.42 Å². The smallest absolute Gasteiger partial charge is 0.126 e. The molecule has 3 atom stereocenters. The third kappa shape index (κ3) is 3.80. The lowest BCUT2D eigenvalue weighted by atomic mass is 9.88. The van der Waals surface area contributed by atoms with Gasteiger partial charge in [0.15, 0.2) is 0 Å². The molecule has 4 nitrogen and oxygen atoms in total. The van der Waals surface area contributed by atoms with Gasteiger partial charge in [0.05, 0.1) is 0 Å². The van der Waals surface area contributed by atoms with E-state index in [1.54, 1.807) is 0 Å². The van der Waals surface area contributed by atoms with E-state index in [1.807, 2.05) is 30.3 Å². The number of aliphatic hydroxyl groups is 1. The van der Waals surface area contributed by atoms with Gasteiger partial charge in [-0.3, -0.25) is 4.90 Å². The molecule has 2 aliphatic rings. The summed E-state index contributed by atoms with van der Waals surface area (Å²) in [4.78, 5) is 4.86. The molecule has 2 fully saturated rings. The van der Waals surface area contributed by atoms with Gasteiger partial charge in [-0.05, 0) is 58.0 Å². The molecule has 1 aliphatic carbocycles. The quantitative estimate of drug-likeness (QED) is 0.926. The summed E-state index contributed by atoms with van der Waals surface area (Å²) in [5.41, 5.74) is 0. The third-order valence-corrected chi connectivity index (χ3v) is 5.02. The van der Waals surface area contributed by atoms with Crippen LogP contribution in [-0.2, 0) is 0 Å². The molecule has 1 aliphatic heterocycles. The van der Waals surface area contributed by atoms with Gasteiger partial charge in [-0.25, -0.2) is 0 Å². The summed E-state index contributed by atoms with van der Waals surface area (Å²) in [6.45, 7) is 4.39. The molecule has 4 heteroatoms. The van der Waals surface area contributed by atoms with E-state index in [2.05, 4.69) is 16.8 Å². The lowest BCUT2D eigenvalue weighted by molar-refractivity contribution is -0.0524. The van der Waals surface area contributed by atoms with Crippen LogP contribution in [-0.4, -0.2) is 66.4 Å². The van der Waals surface area contributed by atoms with Crippen LogP contribution in [0.5, 0.6) is 5.75 Å². The highest BCUT2D eigenvalue weighted by molar-refractivity contribution is 5.21. The van der Waals surface area contributed by atoms with Crippen molar-refractivity contribution in [1.29, 1.82) is 0 Å². The van der Waals surface area contributed by atoms with Crippen LogP contribution in [0.1, 0.15) is 25.7 Å². The second kappa shape index (κ2) is 7.44. The minimum absolute atomic E-state index is 0.0814. The van der Waals surface area contributed by atoms with Crippen molar-refractivity contribution < 1.29 is 9.84 Å². The standard InChI is InChI=1S/C18H28N2O2/c1-19-11-6-12-20(14-13-19)16-9-5-10-17(18(16)21)22-15-7-3-2-4-8-15/h2-4,7-8,16-18,21H,5-6,9-14H2,1H3/t16-,17+,18+/m0/s1. The molecule has 1 aromatic rings.